The normalized spacial score (nSPS) is 14.1. The summed E-state index contributed by atoms with van der Waals surface area (Å²) in [7, 11) is 0. The van der Waals surface area contributed by atoms with Gasteiger partial charge in [0.2, 0.25) is 0 Å². The van der Waals surface area contributed by atoms with Crippen LogP contribution in [0.25, 0.3) is 0 Å². The maximum Gasteiger partial charge on any atom is 0.407 e. The maximum absolute atomic E-state index is 12.3. The molecule has 1 aromatic carbocycles. The van der Waals surface area contributed by atoms with Crippen molar-refractivity contribution in [2.45, 2.75) is 26.1 Å². The highest BCUT2D eigenvalue weighted by Crippen LogP contribution is 2.32. The van der Waals surface area contributed by atoms with Crippen LogP contribution in [0, 0.1) is 13.8 Å². The van der Waals surface area contributed by atoms with Crippen LogP contribution in [0.1, 0.15) is 22.7 Å². The van der Waals surface area contributed by atoms with Crippen LogP contribution in [0.3, 0.4) is 0 Å². The lowest BCUT2D eigenvalue weighted by molar-refractivity contribution is -0.149. The second kappa shape index (κ2) is 3.61. The molecule has 78 valence electrons. The predicted octanol–water partition coefficient (Wildman–Crippen LogP) is 2.87. The largest absolute Gasteiger partial charge is 0.407 e. The summed E-state index contributed by atoms with van der Waals surface area (Å²) < 4.78 is 37.0. The van der Waals surface area contributed by atoms with E-state index in [2.05, 4.69) is 0 Å². The van der Waals surface area contributed by atoms with Gasteiger partial charge in [-0.3, -0.25) is 0 Å². The zero-order chi connectivity index (χ0) is 10.9. The average Bonchev–Trinajstić information content (AvgIpc) is 2.07. The van der Waals surface area contributed by atoms with Crippen molar-refractivity contribution >= 4 is 0 Å². The molecule has 0 spiro atoms. The number of halogens is 3. The van der Waals surface area contributed by atoms with Gasteiger partial charge in [0.25, 0.3) is 0 Å². The van der Waals surface area contributed by atoms with Gasteiger partial charge in [-0.25, -0.2) is 0 Å². The number of benzene rings is 1. The fraction of sp³-hybridized carbons (Fsp3) is 0.400. The first-order valence-corrected chi connectivity index (χ1v) is 4.22. The van der Waals surface area contributed by atoms with Crippen molar-refractivity contribution in [3.63, 3.8) is 0 Å². The summed E-state index contributed by atoms with van der Waals surface area (Å²) in [5.41, 5.74) is 6.70. The fourth-order valence-electron chi connectivity index (χ4n) is 1.29. The first-order chi connectivity index (χ1) is 6.34. The van der Waals surface area contributed by atoms with Crippen LogP contribution in [-0.2, 0) is 0 Å². The van der Waals surface area contributed by atoms with Crippen molar-refractivity contribution in [2.24, 2.45) is 5.73 Å². The van der Waals surface area contributed by atoms with Crippen LogP contribution in [0.4, 0.5) is 13.2 Å². The van der Waals surface area contributed by atoms with E-state index in [1.807, 2.05) is 0 Å². The summed E-state index contributed by atoms with van der Waals surface area (Å²) in [6.45, 7) is 3.41. The van der Waals surface area contributed by atoms with Crippen LogP contribution in [0.2, 0.25) is 0 Å². The molecule has 0 aliphatic carbocycles. The number of hydrogen-bond acceptors (Lipinski definition) is 1. The lowest BCUT2D eigenvalue weighted by Crippen LogP contribution is -2.29. The molecule has 0 radical (unpaired) electrons. The Hall–Kier alpha value is -1.03. The highest BCUT2D eigenvalue weighted by atomic mass is 19.4. The molecule has 0 aromatic heterocycles. The molecule has 4 heteroatoms. The van der Waals surface area contributed by atoms with Gasteiger partial charge in [0.05, 0.1) is 0 Å². The molecule has 1 nitrogen and oxygen atoms in total. The zero-order valence-electron chi connectivity index (χ0n) is 8.02. The molecule has 0 saturated carbocycles. The number of rotatable bonds is 1. The van der Waals surface area contributed by atoms with E-state index < -0.39 is 12.2 Å². The van der Waals surface area contributed by atoms with Gasteiger partial charge in [-0.15, -0.1) is 0 Å². The number of hydrogen-bond donors (Lipinski definition) is 1. The molecule has 0 bridgehead atoms. The molecule has 0 unspecified atom stereocenters. The molecule has 0 heterocycles. The van der Waals surface area contributed by atoms with Crippen molar-refractivity contribution < 1.29 is 13.2 Å². The number of nitrogens with two attached hydrogens (primary N) is 1. The molecule has 2 N–H and O–H groups in total. The van der Waals surface area contributed by atoms with Crippen LogP contribution in [-0.4, -0.2) is 6.18 Å². The summed E-state index contributed by atoms with van der Waals surface area (Å²) in [4.78, 5) is 0. The van der Waals surface area contributed by atoms with Crippen molar-refractivity contribution in [1.29, 1.82) is 0 Å². The number of aryl methyl sites for hydroxylation is 1. The molecule has 1 aromatic rings. The average molecular weight is 203 g/mol. The Balaban J connectivity index is 3.14. The maximum atomic E-state index is 12.3. The topological polar surface area (TPSA) is 26.0 Å². The molecule has 0 aliphatic heterocycles. The first kappa shape index (κ1) is 11.0. The molecule has 14 heavy (non-hydrogen) atoms. The minimum atomic E-state index is -4.38. The molecule has 0 aliphatic rings. The van der Waals surface area contributed by atoms with Crippen molar-refractivity contribution in [3.8, 4) is 0 Å². The molecular formula is C10H12F3N. The second-order valence-electron chi connectivity index (χ2n) is 3.31. The zero-order valence-corrected chi connectivity index (χ0v) is 8.02. The van der Waals surface area contributed by atoms with Crippen LogP contribution < -0.4 is 5.73 Å². The van der Waals surface area contributed by atoms with Crippen LogP contribution in [0.5, 0.6) is 0 Å². The first-order valence-electron chi connectivity index (χ1n) is 4.22. The smallest absolute Gasteiger partial charge is 0.316 e. The standard InChI is InChI=1S/C10H12F3N/c1-6-4-3-5-8(7(6)2)9(14)10(11,12)13/h3-5,9H,14H2,1-2H3/t9-/m0/s1. The Morgan fingerprint density at radius 3 is 2.29 bits per heavy atom. The van der Waals surface area contributed by atoms with E-state index in [0.717, 1.165) is 5.56 Å². The Kier molecular flexibility index (Phi) is 2.85. The van der Waals surface area contributed by atoms with E-state index in [0.29, 0.717) is 5.56 Å². The summed E-state index contributed by atoms with van der Waals surface area (Å²) in [6, 6.07) is 2.88. The Morgan fingerprint density at radius 1 is 1.21 bits per heavy atom. The van der Waals surface area contributed by atoms with Crippen molar-refractivity contribution in [2.75, 3.05) is 0 Å². The van der Waals surface area contributed by atoms with Gasteiger partial charge >= 0.3 is 6.18 Å². The Bertz CT molecular complexity index is 331. The summed E-state index contributed by atoms with van der Waals surface area (Å²) in [6.07, 6.45) is -4.38. The van der Waals surface area contributed by atoms with E-state index >= 15 is 0 Å². The second-order valence-corrected chi connectivity index (χ2v) is 3.31. The lowest BCUT2D eigenvalue weighted by atomic mass is 9.98. The van der Waals surface area contributed by atoms with Gasteiger partial charge in [-0.2, -0.15) is 13.2 Å². The molecule has 1 atom stereocenters. The highest BCUT2D eigenvalue weighted by Gasteiger charge is 2.38. The highest BCUT2D eigenvalue weighted by molar-refractivity contribution is 5.35. The van der Waals surface area contributed by atoms with Crippen LogP contribution in [0.15, 0.2) is 18.2 Å². The van der Waals surface area contributed by atoms with Gasteiger partial charge in [-0.05, 0) is 30.5 Å². The molecular weight excluding hydrogens is 191 g/mol. The lowest BCUT2D eigenvalue weighted by Gasteiger charge is -2.18. The fourth-order valence-corrected chi connectivity index (χ4v) is 1.29. The molecule has 0 fully saturated rings. The Morgan fingerprint density at radius 2 is 1.79 bits per heavy atom. The van der Waals surface area contributed by atoms with Gasteiger partial charge in [0.1, 0.15) is 6.04 Å². The van der Waals surface area contributed by atoms with Crippen LogP contribution >= 0.6 is 0 Å². The monoisotopic (exact) mass is 203 g/mol. The van der Waals surface area contributed by atoms with Gasteiger partial charge in [-0.1, -0.05) is 18.2 Å². The number of alkyl halides is 3. The minimum absolute atomic E-state index is 0.150. The summed E-state index contributed by atoms with van der Waals surface area (Å²) in [5, 5.41) is 0. The predicted molar refractivity (Wildman–Crippen MR) is 48.9 cm³/mol. The van der Waals surface area contributed by atoms with E-state index in [9.17, 15) is 13.2 Å². The third-order valence-corrected chi connectivity index (χ3v) is 2.33. The molecule has 1 rings (SSSR count). The van der Waals surface area contributed by atoms with Gasteiger partial charge < -0.3 is 5.73 Å². The van der Waals surface area contributed by atoms with Gasteiger partial charge in [0.15, 0.2) is 0 Å². The molecule has 0 amide bonds. The summed E-state index contributed by atoms with van der Waals surface area (Å²) >= 11 is 0. The summed E-state index contributed by atoms with van der Waals surface area (Å²) in [5.74, 6) is 0. The third kappa shape index (κ3) is 2.07. The van der Waals surface area contributed by atoms with Crippen molar-refractivity contribution in [1.82, 2.24) is 0 Å². The van der Waals surface area contributed by atoms with E-state index in [1.165, 1.54) is 6.07 Å². The minimum Gasteiger partial charge on any atom is -0.316 e. The third-order valence-electron chi connectivity index (χ3n) is 2.33. The van der Waals surface area contributed by atoms with E-state index in [-0.39, 0.29) is 5.56 Å². The van der Waals surface area contributed by atoms with Crippen molar-refractivity contribution in [3.05, 3.63) is 34.9 Å². The molecule has 0 saturated heterocycles. The Labute approximate surface area is 80.7 Å². The quantitative estimate of drug-likeness (QED) is 0.746. The SMILES string of the molecule is Cc1cccc([C@H](N)C(F)(F)F)c1C. The van der Waals surface area contributed by atoms with E-state index in [4.69, 9.17) is 5.73 Å². The van der Waals surface area contributed by atoms with Gasteiger partial charge in [0, 0.05) is 0 Å². The van der Waals surface area contributed by atoms with E-state index in [1.54, 1.807) is 26.0 Å².